The first-order valence-corrected chi connectivity index (χ1v) is 12.7. The summed E-state index contributed by atoms with van der Waals surface area (Å²) in [7, 11) is -3.75. The number of benzene rings is 1. The molecule has 2 aromatic heterocycles. The van der Waals surface area contributed by atoms with Crippen molar-refractivity contribution in [2.75, 3.05) is 11.1 Å². The molecule has 3 aromatic rings. The first kappa shape index (κ1) is 22.1. The summed E-state index contributed by atoms with van der Waals surface area (Å²) in [6.45, 7) is 1.76. The van der Waals surface area contributed by atoms with Gasteiger partial charge < -0.3 is 20.6 Å². The molecule has 6 atom stereocenters. The van der Waals surface area contributed by atoms with Crippen molar-refractivity contribution in [3.8, 4) is 0 Å². The molecule has 0 spiro atoms. The van der Waals surface area contributed by atoms with Crippen LogP contribution in [0.25, 0.3) is 11.2 Å². The van der Waals surface area contributed by atoms with Gasteiger partial charge in [0.2, 0.25) is 9.84 Å². The molecule has 0 saturated heterocycles. The fraction of sp³-hybridized carbons (Fsp3) is 0.524. The molecule has 5 rings (SSSR count). The first-order valence-electron chi connectivity index (χ1n) is 11.0. The number of nitrogens with zero attached hydrogens (tertiary/aromatic N) is 5. The molecule has 176 valence electrons. The Bertz CT molecular complexity index is 1270. The molecule has 6 unspecified atom stereocenters. The quantitative estimate of drug-likeness (QED) is 0.352. The van der Waals surface area contributed by atoms with E-state index in [-0.39, 0.29) is 46.3 Å². The largest absolute Gasteiger partial charge is 0.390 e. The monoisotopic (exact) mass is 474 g/mol. The number of hydrogen-bond donors (Lipinski definition) is 4. The van der Waals surface area contributed by atoms with Crippen LogP contribution >= 0.6 is 0 Å². The molecular weight excluding hydrogens is 448 g/mol. The van der Waals surface area contributed by atoms with Crippen LogP contribution in [0, 0.1) is 0 Å². The highest BCUT2D eigenvalue weighted by molar-refractivity contribution is 7.91. The van der Waals surface area contributed by atoms with Crippen molar-refractivity contribution in [2.24, 2.45) is 0 Å². The van der Waals surface area contributed by atoms with Crippen molar-refractivity contribution in [1.29, 1.82) is 0 Å². The third-order valence-corrected chi connectivity index (χ3v) is 8.01. The lowest BCUT2D eigenvalue weighted by Crippen LogP contribution is -2.31. The summed E-state index contributed by atoms with van der Waals surface area (Å²) >= 11 is 0. The normalized spacial score (nSPS) is 29.5. The van der Waals surface area contributed by atoms with Gasteiger partial charge in [0.1, 0.15) is 12.2 Å². The van der Waals surface area contributed by atoms with Crippen LogP contribution in [-0.4, -0.2) is 78.8 Å². The van der Waals surface area contributed by atoms with E-state index in [1.807, 2.05) is 30.3 Å². The number of sulfone groups is 1. The maximum Gasteiger partial charge on any atom is 0.251 e. The Morgan fingerprint density at radius 1 is 1.09 bits per heavy atom. The summed E-state index contributed by atoms with van der Waals surface area (Å²) in [5.41, 5.74) is 1.58. The highest BCUT2D eigenvalue weighted by Crippen LogP contribution is 2.43. The second-order valence-electron chi connectivity index (χ2n) is 8.74. The predicted molar refractivity (Wildman–Crippen MR) is 118 cm³/mol. The van der Waals surface area contributed by atoms with Gasteiger partial charge in [-0.3, -0.25) is 0 Å². The lowest BCUT2D eigenvalue weighted by atomic mass is 10.1. The molecule has 12 heteroatoms. The molecule has 2 heterocycles. The highest BCUT2D eigenvalue weighted by Gasteiger charge is 2.44. The van der Waals surface area contributed by atoms with Gasteiger partial charge in [0.05, 0.1) is 17.9 Å². The fourth-order valence-electron chi connectivity index (χ4n) is 4.46. The van der Waals surface area contributed by atoms with Gasteiger partial charge in [-0.05, 0) is 18.4 Å². The zero-order valence-electron chi connectivity index (χ0n) is 18.0. The second-order valence-corrected chi connectivity index (χ2v) is 10.7. The van der Waals surface area contributed by atoms with Crippen LogP contribution in [0.1, 0.15) is 43.7 Å². The van der Waals surface area contributed by atoms with Crippen LogP contribution in [-0.2, 0) is 9.84 Å². The van der Waals surface area contributed by atoms with E-state index in [0.29, 0.717) is 6.42 Å². The molecule has 0 radical (unpaired) electrons. The molecule has 2 aliphatic carbocycles. The van der Waals surface area contributed by atoms with Crippen LogP contribution in [0.3, 0.4) is 0 Å². The zero-order chi connectivity index (χ0) is 23.3. The van der Waals surface area contributed by atoms with Crippen molar-refractivity contribution in [1.82, 2.24) is 25.0 Å². The maximum atomic E-state index is 12.8. The van der Waals surface area contributed by atoms with Gasteiger partial charge in [0.15, 0.2) is 17.0 Å². The van der Waals surface area contributed by atoms with Crippen molar-refractivity contribution in [3.05, 3.63) is 35.9 Å². The Balaban J connectivity index is 1.55. The average Bonchev–Trinajstić information content (AvgIpc) is 3.36. The fourth-order valence-corrected chi connectivity index (χ4v) is 5.63. The van der Waals surface area contributed by atoms with Crippen molar-refractivity contribution < 1.29 is 23.7 Å². The minimum atomic E-state index is -3.75. The van der Waals surface area contributed by atoms with Gasteiger partial charge in [-0.2, -0.15) is 9.97 Å². The van der Waals surface area contributed by atoms with E-state index in [0.717, 1.165) is 6.42 Å². The molecule has 0 amide bonds. The topological polar surface area (TPSA) is 163 Å². The first-order chi connectivity index (χ1) is 15.8. The van der Waals surface area contributed by atoms with E-state index in [4.69, 9.17) is 0 Å². The van der Waals surface area contributed by atoms with E-state index >= 15 is 0 Å². The van der Waals surface area contributed by atoms with Gasteiger partial charge in [-0.1, -0.05) is 42.5 Å². The Labute approximate surface area is 190 Å². The molecule has 0 aliphatic heterocycles. The van der Waals surface area contributed by atoms with Crippen molar-refractivity contribution >= 4 is 26.8 Å². The summed E-state index contributed by atoms with van der Waals surface area (Å²) < 4.78 is 26.9. The standard InChI is InChI=1S/C21H26N6O5S/c1-2-8-33(31,32)21-23-19(22-13-9-12(13)11-6-4-3-5-7-11)16-20(24-21)27(26-25-16)14-10-15(28)18(30)17(14)29/h3-7,12-15,17-18,28-30H,2,8-10H2,1H3,(H,22,23,24). The third kappa shape index (κ3) is 3.97. The lowest BCUT2D eigenvalue weighted by Gasteiger charge is -2.16. The number of rotatable bonds is 7. The number of aliphatic hydroxyl groups excluding tert-OH is 3. The van der Waals surface area contributed by atoms with Crippen molar-refractivity contribution in [2.45, 2.75) is 67.7 Å². The number of anilines is 1. The highest BCUT2D eigenvalue weighted by atomic mass is 32.2. The molecule has 33 heavy (non-hydrogen) atoms. The molecule has 11 nitrogen and oxygen atoms in total. The van der Waals surface area contributed by atoms with Gasteiger partial charge in [-0.15, -0.1) is 5.10 Å². The Hall–Kier alpha value is -2.67. The molecule has 2 saturated carbocycles. The third-order valence-electron chi connectivity index (χ3n) is 6.33. The summed E-state index contributed by atoms with van der Waals surface area (Å²) in [5, 5.41) is 41.5. The van der Waals surface area contributed by atoms with Gasteiger partial charge >= 0.3 is 0 Å². The second kappa shape index (κ2) is 8.28. The number of aliphatic hydroxyl groups is 3. The molecule has 0 bridgehead atoms. The molecule has 1 aromatic carbocycles. The maximum absolute atomic E-state index is 12.8. The molecule has 2 aliphatic rings. The Kier molecular flexibility index (Phi) is 5.55. The van der Waals surface area contributed by atoms with E-state index in [1.54, 1.807) is 6.92 Å². The molecular formula is C21H26N6O5S. The number of fused-ring (bicyclic) bond motifs is 1. The molecule has 4 N–H and O–H groups in total. The Morgan fingerprint density at radius 3 is 2.52 bits per heavy atom. The average molecular weight is 475 g/mol. The minimum Gasteiger partial charge on any atom is -0.390 e. The lowest BCUT2D eigenvalue weighted by molar-refractivity contribution is -0.0253. The smallest absolute Gasteiger partial charge is 0.251 e. The Morgan fingerprint density at radius 2 is 1.85 bits per heavy atom. The van der Waals surface area contributed by atoms with Crippen LogP contribution in [0.5, 0.6) is 0 Å². The molecule has 2 fully saturated rings. The van der Waals surface area contributed by atoms with Crippen molar-refractivity contribution in [3.63, 3.8) is 0 Å². The summed E-state index contributed by atoms with van der Waals surface area (Å²) in [5.74, 6) is 0.417. The van der Waals surface area contributed by atoms with Gasteiger partial charge in [-0.25, -0.2) is 13.1 Å². The van der Waals surface area contributed by atoms with E-state index in [2.05, 4.69) is 25.6 Å². The van der Waals surface area contributed by atoms with Gasteiger partial charge in [0.25, 0.3) is 5.16 Å². The predicted octanol–water partition coefficient (Wildman–Crippen LogP) is 0.400. The minimum absolute atomic E-state index is 0.0311. The SMILES string of the molecule is CCCS(=O)(=O)c1nc(NC2CC2c2ccccc2)c2nnn(C3CC(O)C(O)C3O)c2n1. The number of aromatic nitrogens is 5. The number of nitrogens with one attached hydrogen (secondary N) is 1. The summed E-state index contributed by atoms with van der Waals surface area (Å²) in [4.78, 5) is 8.55. The van der Waals surface area contributed by atoms with Crippen LogP contribution in [0.2, 0.25) is 0 Å². The van der Waals surface area contributed by atoms with Crippen LogP contribution in [0.15, 0.2) is 35.5 Å². The summed E-state index contributed by atoms with van der Waals surface area (Å²) in [6.07, 6.45) is -2.47. The van der Waals surface area contributed by atoms with E-state index < -0.39 is 34.2 Å². The number of hydrogen-bond acceptors (Lipinski definition) is 10. The van der Waals surface area contributed by atoms with Gasteiger partial charge in [0, 0.05) is 18.4 Å². The van der Waals surface area contributed by atoms with Crippen LogP contribution < -0.4 is 5.32 Å². The van der Waals surface area contributed by atoms with E-state index in [1.165, 1.54) is 10.2 Å². The zero-order valence-corrected chi connectivity index (χ0v) is 18.8. The summed E-state index contributed by atoms with van der Waals surface area (Å²) in [6, 6.07) is 9.26. The van der Waals surface area contributed by atoms with E-state index in [9.17, 15) is 23.7 Å². The van der Waals surface area contributed by atoms with Crippen LogP contribution in [0.4, 0.5) is 5.82 Å².